The number of benzene rings is 1. The van der Waals surface area contributed by atoms with Crippen molar-refractivity contribution in [3.8, 4) is 17.0 Å². The van der Waals surface area contributed by atoms with Crippen LogP contribution in [0.15, 0.2) is 27.2 Å². The largest absolute Gasteiger partial charge is 0.497 e. The third-order valence-electron chi connectivity index (χ3n) is 2.86. The van der Waals surface area contributed by atoms with E-state index >= 15 is 0 Å². The minimum Gasteiger partial charge on any atom is -0.497 e. The van der Waals surface area contributed by atoms with Crippen LogP contribution in [-0.4, -0.2) is 12.3 Å². The van der Waals surface area contributed by atoms with Gasteiger partial charge < -0.3 is 15.0 Å². The van der Waals surface area contributed by atoms with Crippen molar-refractivity contribution in [2.75, 3.05) is 12.8 Å². The van der Waals surface area contributed by atoms with Gasteiger partial charge in [-0.1, -0.05) is 34.9 Å². The zero-order valence-electron chi connectivity index (χ0n) is 11.2. The molecular weight excluding hydrogens is 308 g/mol. The van der Waals surface area contributed by atoms with E-state index in [1.807, 2.05) is 18.2 Å². The number of hydrogen-bond donors (Lipinski definition) is 1. The van der Waals surface area contributed by atoms with Crippen molar-refractivity contribution >= 4 is 21.8 Å². The quantitative estimate of drug-likeness (QED) is 0.926. The molecule has 0 bridgehead atoms. The highest BCUT2D eigenvalue weighted by molar-refractivity contribution is 9.10. The van der Waals surface area contributed by atoms with Crippen molar-refractivity contribution in [2.45, 2.75) is 20.3 Å². The van der Waals surface area contributed by atoms with Crippen molar-refractivity contribution in [3.63, 3.8) is 0 Å². The van der Waals surface area contributed by atoms with Gasteiger partial charge in [0.25, 0.3) is 0 Å². The van der Waals surface area contributed by atoms with Gasteiger partial charge in [0.05, 0.1) is 7.11 Å². The summed E-state index contributed by atoms with van der Waals surface area (Å²) in [5, 5.41) is 4.09. The molecule has 19 heavy (non-hydrogen) atoms. The third kappa shape index (κ3) is 2.92. The van der Waals surface area contributed by atoms with Gasteiger partial charge in [0, 0.05) is 15.6 Å². The first-order chi connectivity index (χ1) is 9.02. The maximum atomic E-state index is 5.87. The molecule has 0 unspecified atom stereocenters. The average molecular weight is 325 g/mol. The van der Waals surface area contributed by atoms with Crippen LogP contribution in [0.3, 0.4) is 0 Å². The van der Waals surface area contributed by atoms with E-state index in [9.17, 15) is 0 Å². The molecule has 0 saturated heterocycles. The molecule has 5 heteroatoms. The fourth-order valence-electron chi connectivity index (χ4n) is 1.95. The van der Waals surface area contributed by atoms with Gasteiger partial charge >= 0.3 is 0 Å². The lowest BCUT2D eigenvalue weighted by Crippen LogP contribution is -1.99. The van der Waals surface area contributed by atoms with Crippen LogP contribution in [0, 0.1) is 5.92 Å². The minimum absolute atomic E-state index is 0.387. The molecule has 2 rings (SSSR count). The molecule has 0 aliphatic rings. The maximum Gasteiger partial charge on any atom is 0.225 e. The Morgan fingerprint density at radius 3 is 2.79 bits per heavy atom. The van der Waals surface area contributed by atoms with E-state index in [2.05, 4.69) is 34.9 Å². The summed E-state index contributed by atoms with van der Waals surface area (Å²) in [4.78, 5) is 0. The van der Waals surface area contributed by atoms with Crippen LogP contribution in [0.5, 0.6) is 5.75 Å². The third-order valence-corrected chi connectivity index (χ3v) is 3.55. The predicted molar refractivity (Wildman–Crippen MR) is 79.1 cm³/mol. The van der Waals surface area contributed by atoms with E-state index in [0.717, 1.165) is 33.5 Å². The van der Waals surface area contributed by atoms with E-state index in [-0.39, 0.29) is 0 Å². The van der Waals surface area contributed by atoms with Gasteiger partial charge in [0.1, 0.15) is 11.4 Å². The first-order valence-electron chi connectivity index (χ1n) is 6.10. The summed E-state index contributed by atoms with van der Waals surface area (Å²) in [7, 11) is 1.64. The summed E-state index contributed by atoms with van der Waals surface area (Å²) in [5.74, 6) is 1.64. The number of aromatic nitrogens is 1. The van der Waals surface area contributed by atoms with E-state index < -0.39 is 0 Å². The number of methoxy groups -OCH3 is 1. The fraction of sp³-hybridized carbons (Fsp3) is 0.357. The van der Waals surface area contributed by atoms with Crippen molar-refractivity contribution in [1.82, 2.24) is 5.16 Å². The molecule has 0 fully saturated rings. The summed E-state index contributed by atoms with van der Waals surface area (Å²) in [6.07, 6.45) is 0.828. The SMILES string of the molecule is COc1ccc(Br)c(-c2noc(N)c2CC(C)C)c1. The molecule has 0 amide bonds. The second kappa shape index (κ2) is 5.65. The second-order valence-electron chi connectivity index (χ2n) is 4.82. The van der Waals surface area contributed by atoms with E-state index in [1.165, 1.54) is 0 Å². The normalized spacial score (nSPS) is 11.0. The molecule has 0 atom stereocenters. The van der Waals surface area contributed by atoms with Gasteiger partial charge in [-0.15, -0.1) is 0 Å². The predicted octanol–water partition coefficient (Wildman–Crippen LogP) is 3.89. The zero-order valence-corrected chi connectivity index (χ0v) is 12.8. The van der Waals surface area contributed by atoms with Crippen molar-refractivity contribution in [1.29, 1.82) is 0 Å². The summed E-state index contributed by atoms with van der Waals surface area (Å²) in [6, 6.07) is 5.74. The number of nitrogen functional groups attached to an aromatic ring is 1. The highest BCUT2D eigenvalue weighted by Crippen LogP contribution is 2.36. The lowest BCUT2D eigenvalue weighted by Gasteiger charge is -2.08. The van der Waals surface area contributed by atoms with Crippen LogP contribution in [0.2, 0.25) is 0 Å². The first kappa shape index (κ1) is 13.9. The van der Waals surface area contributed by atoms with Crippen LogP contribution < -0.4 is 10.5 Å². The van der Waals surface area contributed by atoms with Gasteiger partial charge in [-0.05, 0) is 30.5 Å². The topological polar surface area (TPSA) is 61.3 Å². The minimum atomic E-state index is 0.387. The Morgan fingerprint density at radius 2 is 2.16 bits per heavy atom. The smallest absolute Gasteiger partial charge is 0.225 e. The summed E-state index contributed by atoms with van der Waals surface area (Å²) in [5.41, 5.74) is 8.52. The summed E-state index contributed by atoms with van der Waals surface area (Å²) < 4.78 is 11.3. The number of ether oxygens (including phenoxy) is 1. The number of anilines is 1. The monoisotopic (exact) mass is 324 g/mol. The Bertz CT molecular complexity index is 579. The molecule has 1 aromatic heterocycles. The van der Waals surface area contributed by atoms with Crippen LogP contribution in [0.4, 0.5) is 5.88 Å². The molecule has 102 valence electrons. The lowest BCUT2D eigenvalue weighted by atomic mass is 9.99. The molecule has 1 heterocycles. The van der Waals surface area contributed by atoms with Crippen LogP contribution >= 0.6 is 15.9 Å². The number of halogens is 1. The standard InChI is InChI=1S/C14H17BrN2O2/c1-8(2)6-11-13(17-19-14(11)16)10-7-9(18-3)4-5-12(10)15/h4-5,7-8H,6,16H2,1-3H3. The molecule has 0 saturated carbocycles. The first-order valence-corrected chi connectivity index (χ1v) is 6.90. The van der Waals surface area contributed by atoms with Gasteiger partial charge in [0.15, 0.2) is 0 Å². The number of rotatable bonds is 4. The molecule has 4 nitrogen and oxygen atoms in total. The van der Waals surface area contributed by atoms with E-state index in [0.29, 0.717) is 11.8 Å². The molecule has 2 N–H and O–H groups in total. The zero-order chi connectivity index (χ0) is 14.0. The Morgan fingerprint density at radius 1 is 1.42 bits per heavy atom. The van der Waals surface area contributed by atoms with E-state index in [4.69, 9.17) is 15.0 Å². The highest BCUT2D eigenvalue weighted by Gasteiger charge is 2.19. The highest BCUT2D eigenvalue weighted by atomic mass is 79.9. The fourth-order valence-corrected chi connectivity index (χ4v) is 2.39. The van der Waals surface area contributed by atoms with Crippen molar-refractivity contribution in [3.05, 3.63) is 28.2 Å². The van der Waals surface area contributed by atoms with Gasteiger partial charge in [-0.3, -0.25) is 0 Å². The Kier molecular flexibility index (Phi) is 4.14. The molecule has 0 aliphatic heterocycles. The number of hydrogen-bond acceptors (Lipinski definition) is 4. The lowest BCUT2D eigenvalue weighted by molar-refractivity contribution is 0.414. The van der Waals surface area contributed by atoms with Gasteiger partial charge in [0.2, 0.25) is 5.88 Å². The average Bonchev–Trinajstić information content (AvgIpc) is 2.71. The van der Waals surface area contributed by atoms with Gasteiger partial charge in [-0.2, -0.15) is 0 Å². The number of nitrogens with zero attached hydrogens (tertiary/aromatic N) is 1. The molecule has 0 aliphatic carbocycles. The van der Waals surface area contributed by atoms with Gasteiger partial charge in [-0.25, -0.2) is 0 Å². The molecular formula is C14H17BrN2O2. The molecule has 0 spiro atoms. The van der Waals surface area contributed by atoms with Crippen molar-refractivity contribution < 1.29 is 9.26 Å². The number of nitrogens with two attached hydrogens (primary N) is 1. The van der Waals surface area contributed by atoms with Crippen LogP contribution in [0.25, 0.3) is 11.3 Å². The Balaban J connectivity index is 2.52. The summed E-state index contributed by atoms with van der Waals surface area (Å²) in [6.45, 7) is 4.27. The van der Waals surface area contributed by atoms with Crippen molar-refractivity contribution in [2.24, 2.45) is 5.92 Å². The van der Waals surface area contributed by atoms with Crippen LogP contribution in [-0.2, 0) is 6.42 Å². The Labute approximate surface area is 121 Å². The summed E-state index contributed by atoms with van der Waals surface area (Å²) >= 11 is 3.53. The Hall–Kier alpha value is -1.49. The molecule has 2 aromatic rings. The maximum absolute atomic E-state index is 5.87. The van der Waals surface area contributed by atoms with E-state index in [1.54, 1.807) is 7.11 Å². The van der Waals surface area contributed by atoms with Crippen LogP contribution in [0.1, 0.15) is 19.4 Å². The second-order valence-corrected chi connectivity index (χ2v) is 5.67. The molecule has 1 aromatic carbocycles. The molecule has 0 radical (unpaired) electrons.